The van der Waals surface area contributed by atoms with Crippen molar-refractivity contribution in [2.24, 2.45) is 0 Å². The van der Waals surface area contributed by atoms with Gasteiger partial charge in [-0.25, -0.2) is 0 Å². The molecule has 0 radical (unpaired) electrons. The Hall–Kier alpha value is -1.55. The summed E-state index contributed by atoms with van der Waals surface area (Å²) >= 11 is 0. The molecule has 2 unspecified atom stereocenters. The highest BCUT2D eigenvalue weighted by Crippen LogP contribution is 2.18. The van der Waals surface area contributed by atoms with E-state index >= 15 is 0 Å². The molecule has 0 spiro atoms. The largest absolute Gasteiger partial charge is 0.508 e. The van der Waals surface area contributed by atoms with Crippen molar-refractivity contribution >= 4 is 5.91 Å². The second-order valence-electron chi connectivity index (χ2n) is 4.81. The van der Waals surface area contributed by atoms with Gasteiger partial charge in [-0.15, -0.1) is 0 Å². The predicted octanol–water partition coefficient (Wildman–Crippen LogP) is 2.00. The van der Waals surface area contributed by atoms with Gasteiger partial charge in [-0.05, 0) is 50.5 Å². The lowest BCUT2D eigenvalue weighted by Crippen LogP contribution is -2.40. The minimum Gasteiger partial charge on any atom is -0.508 e. The van der Waals surface area contributed by atoms with Crippen LogP contribution in [0.1, 0.15) is 35.7 Å². The maximum absolute atomic E-state index is 12.0. The zero-order chi connectivity index (χ0) is 13.1. The smallest absolute Gasteiger partial charge is 0.251 e. The average Bonchev–Trinajstić information content (AvgIpc) is 2.86. The normalized spacial score (nSPS) is 20.7. The zero-order valence-electron chi connectivity index (χ0n) is 10.8. The molecule has 4 nitrogen and oxygen atoms in total. The van der Waals surface area contributed by atoms with Crippen molar-refractivity contribution in [3.8, 4) is 5.75 Å². The van der Waals surface area contributed by atoms with Crippen LogP contribution in [-0.2, 0) is 4.74 Å². The molecule has 1 fully saturated rings. The van der Waals surface area contributed by atoms with Crippen molar-refractivity contribution in [3.63, 3.8) is 0 Å². The molecule has 18 heavy (non-hydrogen) atoms. The van der Waals surface area contributed by atoms with Gasteiger partial charge >= 0.3 is 0 Å². The number of benzene rings is 1. The summed E-state index contributed by atoms with van der Waals surface area (Å²) in [5, 5.41) is 12.4. The number of carbonyl (C=O) groups is 1. The Morgan fingerprint density at radius 1 is 1.56 bits per heavy atom. The standard InChI is InChI=1S/C14H19NO3/c1-9-8-11(5-6-12(9)16)14(17)15-10(2)13-4-3-7-18-13/h5-6,8,10,13,16H,3-4,7H2,1-2H3,(H,15,17). The Labute approximate surface area is 107 Å². The second kappa shape index (κ2) is 5.40. The molecule has 0 aromatic heterocycles. The van der Waals surface area contributed by atoms with E-state index in [9.17, 15) is 9.90 Å². The number of amides is 1. The Bertz CT molecular complexity index is 439. The quantitative estimate of drug-likeness (QED) is 0.861. The fraction of sp³-hybridized carbons (Fsp3) is 0.500. The minimum atomic E-state index is -0.124. The SMILES string of the molecule is Cc1cc(C(=O)NC(C)C2CCCO2)ccc1O. The van der Waals surface area contributed by atoms with E-state index in [0.717, 1.165) is 19.4 Å². The fourth-order valence-corrected chi connectivity index (χ4v) is 2.18. The molecule has 0 saturated carbocycles. The molecule has 0 bridgehead atoms. The van der Waals surface area contributed by atoms with E-state index in [1.54, 1.807) is 25.1 Å². The number of aromatic hydroxyl groups is 1. The van der Waals surface area contributed by atoms with E-state index in [4.69, 9.17) is 4.74 Å². The van der Waals surface area contributed by atoms with Crippen LogP contribution in [0.15, 0.2) is 18.2 Å². The molecule has 1 aromatic carbocycles. The highest BCUT2D eigenvalue weighted by atomic mass is 16.5. The summed E-state index contributed by atoms with van der Waals surface area (Å²) in [4.78, 5) is 12.0. The highest BCUT2D eigenvalue weighted by Gasteiger charge is 2.24. The van der Waals surface area contributed by atoms with Gasteiger partial charge in [0, 0.05) is 12.2 Å². The molecule has 1 heterocycles. The first-order valence-corrected chi connectivity index (χ1v) is 6.30. The first kappa shape index (κ1) is 12.9. The monoisotopic (exact) mass is 249 g/mol. The molecule has 1 amide bonds. The van der Waals surface area contributed by atoms with Crippen LogP contribution in [-0.4, -0.2) is 29.8 Å². The molecule has 2 N–H and O–H groups in total. The van der Waals surface area contributed by atoms with Crippen molar-refractivity contribution < 1.29 is 14.6 Å². The highest BCUT2D eigenvalue weighted by molar-refractivity contribution is 5.94. The number of phenols is 1. The van der Waals surface area contributed by atoms with Crippen molar-refractivity contribution in [1.29, 1.82) is 0 Å². The Kier molecular flexibility index (Phi) is 3.87. The van der Waals surface area contributed by atoms with Crippen LogP contribution in [0.25, 0.3) is 0 Å². The van der Waals surface area contributed by atoms with Crippen molar-refractivity contribution in [1.82, 2.24) is 5.32 Å². The molecular formula is C14H19NO3. The molecule has 1 aliphatic heterocycles. The zero-order valence-corrected chi connectivity index (χ0v) is 10.8. The van der Waals surface area contributed by atoms with Crippen molar-refractivity contribution in [2.75, 3.05) is 6.61 Å². The molecule has 1 aliphatic rings. The number of phenolic OH excluding ortho intramolecular Hbond substituents is 1. The topological polar surface area (TPSA) is 58.6 Å². The summed E-state index contributed by atoms with van der Waals surface area (Å²) in [5.74, 6) is 0.0832. The van der Waals surface area contributed by atoms with Crippen LogP contribution >= 0.6 is 0 Å². The Morgan fingerprint density at radius 2 is 2.33 bits per heavy atom. The molecule has 4 heteroatoms. The molecule has 1 aromatic rings. The van der Waals surface area contributed by atoms with E-state index in [-0.39, 0.29) is 23.8 Å². The fourth-order valence-electron chi connectivity index (χ4n) is 2.18. The van der Waals surface area contributed by atoms with Crippen molar-refractivity contribution in [2.45, 2.75) is 38.8 Å². The van der Waals surface area contributed by atoms with Gasteiger partial charge in [0.15, 0.2) is 0 Å². The Morgan fingerprint density at radius 3 is 2.94 bits per heavy atom. The number of hydrogen-bond donors (Lipinski definition) is 2. The van der Waals surface area contributed by atoms with E-state index < -0.39 is 0 Å². The van der Waals surface area contributed by atoms with E-state index in [1.165, 1.54) is 0 Å². The summed E-state index contributed by atoms with van der Waals surface area (Å²) < 4.78 is 5.54. The molecule has 0 aliphatic carbocycles. The third kappa shape index (κ3) is 2.82. The maximum atomic E-state index is 12.0. The first-order valence-electron chi connectivity index (χ1n) is 6.30. The molecule has 2 atom stereocenters. The third-order valence-corrected chi connectivity index (χ3v) is 3.34. The van der Waals surface area contributed by atoms with Crippen molar-refractivity contribution in [3.05, 3.63) is 29.3 Å². The van der Waals surface area contributed by atoms with Gasteiger partial charge in [0.2, 0.25) is 0 Å². The van der Waals surface area contributed by atoms with Crippen LogP contribution in [0, 0.1) is 6.92 Å². The number of nitrogens with one attached hydrogen (secondary N) is 1. The van der Waals surface area contributed by atoms with Gasteiger partial charge in [-0.3, -0.25) is 4.79 Å². The lowest BCUT2D eigenvalue weighted by molar-refractivity contribution is 0.0712. The van der Waals surface area contributed by atoms with Gasteiger partial charge in [-0.2, -0.15) is 0 Å². The number of hydrogen-bond acceptors (Lipinski definition) is 3. The number of carbonyl (C=O) groups excluding carboxylic acids is 1. The maximum Gasteiger partial charge on any atom is 0.251 e. The van der Waals surface area contributed by atoms with E-state index in [0.29, 0.717) is 11.1 Å². The average molecular weight is 249 g/mol. The van der Waals surface area contributed by atoms with E-state index in [2.05, 4.69) is 5.32 Å². The predicted molar refractivity (Wildman–Crippen MR) is 68.7 cm³/mol. The molecule has 98 valence electrons. The van der Waals surface area contributed by atoms with Crippen LogP contribution < -0.4 is 5.32 Å². The summed E-state index contributed by atoms with van der Waals surface area (Å²) in [7, 11) is 0. The summed E-state index contributed by atoms with van der Waals surface area (Å²) in [5.41, 5.74) is 1.27. The lowest BCUT2D eigenvalue weighted by atomic mass is 10.1. The van der Waals surface area contributed by atoms with Crippen LogP contribution in [0.5, 0.6) is 5.75 Å². The van der Waals surface area contributed by atoms with Gasteiger partial charge in [-0.1, -0.05) is 0 Å². The van der Waals surface area contributed by atoms with Crippen LogP contribution in [0.4, 0.5) is 0 Å². The van der Waals surface area contributed by atoms with Gasteiger partial charge in [0.25, 0.3) is 5.91 Å². The molecule has 1 saturated heterocycles. The van der Waals surface area contributed by atoms with Crippen LogP contribution in [0.2, 0.25) is 0 Å². The van der Waals surface area contributed by atoms with Gasteiger partial charge in [0.05, 0.1) is 12.1 Å². The Balaban J connectivity index is 2.00. The lowest BCUT2D eigenvalue weighted by Gasteiger charge is -2.20. The third-order valence-electron chi connectivity index (χ3n) is 3.34. The summed E-state index contributed by atoms with van der Waals surface area (Å²) in [6.45, 7) is 4.51. The first-order chi connectivity index (χ1) is 8.58. The molecule has 2 rings (SSSR count). The van der Waals surface area contributed by atoms with Gasteiger partial charge < -0.3 is 15.2 Å². The minimum absolute atomic E-state index is 0.00843. The summed E-state index contributed by atoms with van der Waals surface area (Å²) in [6, 6.07) is 4.86. The number of aryl methyl sites for hydroxylation is 1. The van der Waals surface area contributed by atoms with Gasteiger partial charge in [0.1, 0.15) is 5.75 Å². The van der Waals surface area contributed by atoms with E-state index in [1.807, 2.05) is 6.92 Å². The number of ether oxygens (including phenoxy) is 1. The number of rotatable bonds is 3. The summed E-state index contributed by atoms with van der Waals surface area (Å²) in [6.07, 6.45) is 2.17. The second-order valence-corrected chi connectivity index (χ2v) is 4.81. The van der Waals surface area contributed by atoms with Crippen LogP contribution in [0.3, 0.4) is 0 Å². The molecular weight excluding hydrogens is 230 g/mol.